The molecule has 0 fully saturated rings. The summed E-state index contributed by atoms with van der Waals surface area (Å²) in [5.41, 5.74) is 2.34. The zero-order valence-electron chi connectivity index (χ0n) is 16.0. The van der Waals surface area contributed by atoms with Crippen LogP contribution in [-0.2, 0) is 6.54 Å². The van der Waals surface area contributed by atoms with Crippen LogP contribution >= 0.6 is 0 Å². The molecule has 0 aliphatic rings. The predicted molar refractivity (Wildman–Crippen MR) is 115 cm³/mol. The van der Waals surface area contributed by atoms with Gasteiger partial charge in [0.15, 0.2) is 0 Å². The summed E-state index contributed by atoms with van der Waals surface area (Å²) >= 11 is 0. The molecule has 1 heterocycles. The largest absolute Gasteiger partial charge is 0.497 e. The molecule has 5 nitrogen and oxygen atoms in total. The number of H-pyrrole nitrogens is 1. The van der Waals surface area contributed by atoms with Gasteiger partial charge in [-0.3, -0.25) is 9.59 Å². The molecule has 0 unspecified atom stereocenters. The fraction of sp³-hybridized carbons (Fsp3) is 0.0833. The summed E-state index contributed by atoms with van der Waals surface area (Å²) in [7, 11) is 1.58. The topological polar surface area (TPSA) is 62.4 Å². The van der Waals surface area contributed by atoms with Crippen molar-refractivity contribution in [2.75, 3.05) is 12.0 Å². The maximum Gasteiger partial charge on any atom is 0.258 e. The third-order valence-corrected chi connectivity index (χ3v) is 4.81. The second-order valence-corrected chi connectivity index (χ2v) is 6.67. The van der Waals surface area contributed by atoms with E-state index in [9.17, 15) is 9.59 Å². The predicted octanol–water partition coefficient (Wildman–Crippen LogP) is 4.38. The van der Waals surface area contributed by atoms with Gasteiger partial charge in [-0.15, -0.1) is 0 Å². The normalized spacial score (nSPS) is 10.7. The Hall–Kier alpha value is -3.86. The van der Waals surface area contributed by atoms with Crippen LogP contribution in [0.25, 0.3) is 10.9 Å². The van der Waals surface area contributed by atoms with Crippen LogP contribution in [0, 0.1) is 0 Å². The number of carbonyl (C=O) groups excluding carboxylic acids is 1. The zero-order chi connectivity index (χ0) is 20.2. The average Bonchev–Trinajstić information content (AvgIpc) is 2.78. The molecule has 3 aromatic carbocycles. The van der Waals surface area contributed by atoms with E-state index in [2.05, 4.69) is 4.98 Å². The number of para-hydroxylation sites is 2. The lowest BCUT2D eigenvalue weighted by atomic mass is 10.1. The number of anilines is 1. The van der Waals surface area contributed by atoms with Crippen molar-refractivity contribution in [2.24, 2.45) is 0 Å². The van der Waals surface area contributed by atoms with Gasteiger partial charge in [-0.05, 0) is 53.9 Å². The minimum absolute atomic E-state index is 0.162. The van der Waals surface area contributed by atoms with Crippen molar-refractivity contribution in [3.05, 3.63) is 106 Å². The summed E-state index contributed by atoms with van der Waals surface area (Å²) in [6.07, 6.45) is 0. The highest BCUT2D eigenvalue weighted by atomic mass is 16.5. The number of methoxy groups -OCH3 is 1. The minimum atomic E-state index is -0.202. The molecule has 0 aliphatic carbocycles. The quantitative estimate of drug-likeness (QED) is 0.555. The number of ether oxygens (including phenoxy) is 1. The van der Waals surface area contributed by atoms with Crippen molar-refractivity contribution in [1.82, 2.24) is 4.98 Å². The summed E-state index contributed by atoms with van der Waals surface area (Å²) < 4.78 is 5.18. The van der Waals surface area contributed by atoms with E-state index in [1.54, 1.807) is 36.3 Å². The van der Waals surface area contributed by atoms with Gasteiger partial charge in [0.1, 0.15) is 5.75 Å². The lowest BCUT2D eigenvalue weighted by molar-refractivity contribution is 0.0985. The second-order valence-electron chi connectivity index (χ2n) is 6.67. The highest BCUT2D eigenvalue weighted by Crippen LogP contribution is 2.21. The number of amides is 1. The summed E-state index contributed by atoms with van der Waals surface area (Å²) in [4.78, 5) is 30.4. The van der Waals surface area contributed by atoms with E-state index >= 15 is 0 Å². The number of rotatable bonds is 5. The Balaban J connectivity index is 1.74. The molecule has 0 atom stereocenters. The Kier molecular flexibility index (Phi) is 5.12. The van der Waals surface area contributed by atoms with Gasteiger partial charge in [-0.25, -0.2) is 0 Å². The Morgan fingerprint density at radius 1 is 0.931 bits per heavy atom. The first-order valence-corrected chi connectivity index (χ1v) is 9.27. The molecule has 1 aromatic heterocycles. The zero-order valence-corrected chi connectivity index (χ0v) is 16.0. The smallest absolute Gasteiger partial charge is 0.258 e. The van der Waals surface area contributed by atoms with Crippen molar-refractivity contribution in [2.45, 2.75) is 6.54 Å². The van der Waals surface area contributed by atoms with E-state index in [0.717, 1.165) is 16.6 Å². The first kappa shape index (κ1) is 18.5. The lowest BCUT2D eigenvalue weighted by Crippen LogP contribution is -2.32. The molecular formula is C24H20N2O3. The number of carbonyl (C=O) groups is 1. The fourth-order valence-electron chi connectivity index (χ4n) is 3.26. The van der Waals surface area contributed by atoms with E-state index < -0.39 is 0 Å². The van der Waals surface area contributed by atoms with E-state index in [4.69, 9.17) is 4.74 Å². The molecule has 1 N–H and O–H groups in total. The lowest BCUT2D eigenvalue weighted by Gasteiger charge is -2.23. The molecule has 4 aromatic rings. The molecule has 0 bridgehead atoms. The molecule has 0 saturated heterocycles. The van der Waals surface area contributed by atoms with E-state index in [1.165, 1.54) is 0 Å². The third-order valence-electron chi connectivity index (χ3n) is 4.81. The highest BCUT2D eigenvalue weighted by molar-refractivity contribution is 6.06. The van der Waals surface area contributed by atoms with Crippen molar-refractivity contribution >= 4 is 22.5 Å². The number of nitrogens with zero attached hydrogens (tertiary/aromatic N) is 1. The number of aromatic nitrogens is 1. The summed E-state index contributed by atoms with van der Waals surface area (Å²) in [5, 5.41) is 0.923. The molecule has 0 radical (unpaired) electrons. The first-order valence-electron chi connectivity index (χ1n) is 9.27. The molecule has 144 valence electrons. The fourth-order valence-corrected chi connectivity index (χ4v) is 3.26. The van der Waals surface area contributed by atoms with Crippen molar-refractivity contribution in [3.63, 3.8) is 0 Å². The van der Waals surface area contributed by atoms with Gasteiger partial charge in [0.05, 0.1) is 13.7 Å². The van der Waals surface area contributed by atoms with Crippen LogP contribution in [0.1, 0.15) is 15.9 Å². The standard InChI is InChI=1S/C24H20N2O3/c1-29-21-13-11-17(12-14-21)24(28)26(20-8-3-2-4-9-20)16-19-15-18-7-5-6-10-22(18)25-23(19)27/h2-15H,16H2,1H3,(H,25,27). The molecule has 0 aliphatic heterocycles. The van der Waals surface area contributed by atoms with Crippen molar-refractivity contribution in [3.8, 4) is 5.75 Å². The second kappa shape index (κ2) is 8.02. The molecule has 29 heavy (non-hydrogen) atoms. The van der Waals surface area contributed by atoms with Crippen LogP contribution in [0.2, 0.25) is 0 Å². The maximum atomic E-state index is 13.3. The number of fused-ring (bicyclic) bond motifs is 1. The summed E-state index contributed by atoms with van der Waals surface area (Å²) in [5.74, 6) is 0.491. The van der Waals surface area contributed by atoms with E-state index in [1.807, 2.05) is 60.7 Å². The van der Waals surface area contributed by atoms with Gasteiger partial charge >= 0.3 is 0 Å². The molecule has 0 saturated carbocycles. The first-order chi connectivity index (χ1) is 14.2. The minimum Gasteiger partial charge on any atom is -0.497 e. The number of hydrogen-bond donors (Lipinski definition) is 1. The van der Waals surface area contributed by atoms with Crippen LogP contribution < -0.4 is 15.2 Å². The molecule has 4 rings (SSSR count). The molecule has 0 spiro atoms. The number of nitrogens with one attached hydrogen (secondary N) is 1. The van der Waals surface area contributed by atoms with Crippen LogP contribution in [-0.4, -0.2) is 18.0 Å². The van der Waals surface area contributed by atoms with Crippen molar-refractivity contribution in [1.29, 1.82) is 0 Å². The number of hydrogen-bond acceptors (Lipinski definition) is 3. The van der Waals surface area contributed by atoms with Gasteiger partial charge < -0.3 is 14.6 Å². The van der Waals surface area contributed by atoms with Gasteiger partial charge in [-0.1, -0.05) is 36.4 Å². The monoisotopic (exact) mass is 384 g/mol. The molecular weight excluding hydrogens is 364 g/mol. The Morgan fingerprint density at radius 2 is 1.62 bits per heavy atom. The Bertz CT molecular complexity index is 1200. The number of aromatic amines is 1. The Labute approximate surface area is 168 Å². The van der Waals surface area contributed by atoms with Crippen LogP contribution in [0.5, 0.6) is 5.75 Å². The van der Waals surface area contributed by atoms with Gasteiger partial charge in [0.25, 0.3) is 11.5 Å². The van der Waals surface area contributed by atoms with Crippen LogP contribution in [0.15, 0.2) is 89.7 Å². The number of pyridine rings is 1. The summed E-state index contributed by atoms with van der Waals surface area (Å²) in [6.45, 7) is 0.162. The van der Waals surface area contributed by atoms with E-state index in [0.29, 0.717) is 16.9 Å². The maximum absolute atomic E-state index is 13.3. The third kappa shape index (κ3) is 3.89. The molecule has 5 heteroatoms. The van der Waals surface area contributed by atoms with E-state index in [-0.39, 0.29) is 18.0 Å². The Morgan fingerprint density at radius 3 is 2.34 bits per heavy atom. The van der Waals surface area contributed by atoms with Gasteiger partial charge in [-0.2, -0.15) is 0 Å². The van der Waals surface area contributed by atoms with Crippen molar-refractivity contribution < 1.29 is 9.53 Å². The average molecular weight is 384 g/mol. The van der Waals surface area contributed by atoms with Gasteiger partial charge in [0.2, 0.25) is 0 Å². The SMILES string of the molecule is COc1ccc(C(=O)N(Cc2cc3ccccc3[nH]c2=O)c2ccccc2)cc1. The van der Waals surface area contributed by atoms with Crippen LogP contribution in [0.4, 0.5) is 5.69 Å². The van der Waals surface area contributed by atoms with Gasteiger partial charge in [0, 0.05) is 22.3 Å². The number of benzene rings is 3. The highest BCUT2D eigenvalue weighted by Gasteiger charge is 2.20. The summed E-state index contributed by atoms with van der Waals surface area (Å²) in [6, 6.07) is 25.7. The molecule has 1 amide bonds. The van der Waals surface area contributed by atoms with Crippen LogP contribution in [0.3, 0.4) is 0 Å².